The molecule has 2 aliphatic rings. The van der Waals surface area contributed by atoms with E-state index in [9.17, 15) is 9.59 Å². The van der Waals surface area contributed by atoms with Gasteiger partial charge in [0.2, 0.25) is 0 Å². The van der Waals surface area contributed by atoms with Gasteiger partial charge >= 0.3 is 0 Å². The van der Waals surface area contributed by atoms with Gasteiger partial charge in [-0.05, 0) is 37.5 Å². The van der Waals surface area contributed by atoms with Crippen LogP contribution in [0.25, 0.3) is 0 Å². The molecule has 0 bridgehead atoms. The van der Waals surface area contributed by atoms with Gasteiger partial charge in [0.1, 0.15) is 0 Å². The van der Waals surface area contributed by atoms with E-state index in [1.54, 1.807) is 31.6 Å². The molecule has 0 unspecified atom stereocenters. The highest BCUT2D eigenvalue weighted by molar-refractivity contribution is 9.10. The lowest BCUT2D eigenvalue weighted by molar-refractivity contribution is 0.0710. The number of rotatable bonds is 5. The van der Waals surface area contributed by atoms with Crippen molar-refractivity contribution in [2.75, 3.05) is 62.8 Å². The van der Waals surface area contributed by atoms with Crippen molar-refractivity contribution in [3.63, 3.8) is 0 Å². The van der Waals surface area contributed by atoms with Crippen molar-refractivity contribution in [3.8, 4) is 0 Å². The maximum absolute atomic E-state index is 13.4. The van der Waals surface area contributed by atoms with Crippen LogP contribution in [0.2, 0.25) is 0 Å². The van der Waals surface area contributed by atoms with Crippen LogP contribution in [-0.2, 0) is 4.74 Å². The molecule has 2 aromatic rings. The molecule has 0 radical (unpaired) electrons. The maximum atomic E-state index is 13.4. The van der Waals surface area contributed by atoms with Crippen LogP contribution in [0.1, 0.15) is 40.0 Å². The number of halogens is 1. The number of anilines is 3. The van der Waals surface area contributed by atoms with Crippen molar-refractivity contribution in [2.24, 2.45) is 0 Å². The fourth-order valence-electron chi connectivity index (χ4n) is 4.44. The van der Waals surface area contributed by atoms with Gasteiger partial charge in [-0.2, -0.15) is 0 Å². The minimum absolute atomic E-state index is 0.0272. The second-order valence-corrected chi connectivity index (χ2v) is 9.54. The minimum atomic E-state index is -0.0697. The number of nitrogen functional groups attached to an aromatic ring is 1. The summed E-state index contributed by atoms with van der Waals surface area (Å²) in [6.07, 6.45) is 5.81. The first-order valence-electron chi connectivity index (χ1n) is 11.6. The van der Waals surface area contributed by atoms with Gasteiger partial charge in [0.05, 0.1) is 34.8 Å². The fourth-order valence-corrected chi connectivity index (χ4v) is 4.91. The van der Waals surface area contributed by atoms with Gasteiger partial charge in [0.25, 0.3) is 11.8 Å². The molecule has 9 nitrogen and oxygen atoms in total. The molecule has 10 heteroatoms. The number of nitrogens with zero attached hydrogens (tertiary/aromatic N) is 3. The third-order valence-corrected chi connectivity index (χ3v) is 6.66. The summed E-state index contributed by atoms with van der Waals surface area (Å²) in [4.78, 5) is 34.3. The average Bonchev–Trinajstić information content (AvgIpc) is 3.14. The zero-order valence-corrected chi connectivity index (χ0v) is 20.9. The first-order chi connectivity index (χ1) is 16.5. The van der Waals surface area contributed by atoms with Gasteiger partial charge < -0.3 is 30.9 Å². The third-order valence-electron chi connectivity index (χ3n) is 6.20. The molecule has 3 heterocycles. The molecule has 1 atom stereocenters. The van der Waals surface area contributed by atoms with Gasteiger partial charge in [0.15, 0.2) is 0 Å². The Hall–Kier alpha value is -2.85. The van der Waals surface area contributed by atoms with E-state index in [-0.39, 0.29) is 17.9 Å². The molecule has 2 fully saturated rings. The van der Waals surface area contributed by atoms with E-state index in [2.05, 4.69) is 31.5 Å². The molecule has 4 rings (SSSR count). The predicted octanol–water partition coefficient (Wildman–Crippen LogP) is 3.05. The number of benzene rings is 1. The highest BCUT2D eigenvalue weighted by Crippen LogP contribution is 2.31. The van der Waals surface area contributed by atoms with Crippen LogP contribution in [0.3, 0.4) is 0 Å². The number of ether oxygens (including phenoxy) is 1. The smallest absolute Gasteiger partial charge is 0.256 e. The summed E-state index contributed by atoms with van der Waals surface area (Å²) >= 11 is 3.48. The molecule has 34 heavy (non-hydrogen) atoms. The highest BCUT2D eigenvalue weighted by Gasteiger charge is 2.28. The molecule has 0 aliphatic carbocycles. The van der Waals surface area contributed by atoms with Crippen LogP contribution in [0.15, 0.2) is 35.1 Å². The van der Waals surface area contributed by atoms with Gasteiger partial charge in [0, 0.05) is 62.7 Å². The van der Waals surface area contributed by atoms with Crippen LogP contribution in [0.4, 0.5) is 17.1 Å². The summed E-state index contributed by atoms with van der Waals surface area (Å²) in [7, 11) is 1.80. The number of likely N-dealkylation sites (tertiary alicyclic amines) is 1. The summed E-state index contributed by atoms with van der Waals surface area (Å²) < 4.78 is 6.26. The molecule has 2 saturated heterocycles. The summed E-state index contributed by atoms with van der Waals surface area (Å²) in [6, 6.07) is 5.39. The van der Waals surface area contributed by atoms with Crippen molar-refractivity contribution in [1.29, 1.82) is 0 Å². The van der Waals surface area contributed by atoms with Gasteiger partial charge in [-0.3, -0.25) is 14.6 Å². The minimum Gasteiger partial charge on any atom is -0.397 e. The zero-order valence-electron chi connectivity index (χ0n) is 19.3. The highest BCUT2D eigenvalue weighted by atomic mass is 79.9. The molecular weight excluding hydrogens is 500 g/mol. The Labute approximate surface area is 208 Å². The van der Waals surface area contributed by atoms with Crippen LogP contribution in [-0.4, -0.2) is 79.1 Å². The van der Waals surface area contributed by atoms with Crippen LogP contribution in [0, 0.1) is 0 Å². The van der Waals surface area contributed by atoms with E-state index >= 15 is 0 Å². The van der Waals surface area contributed by atoms with Crippen LogP contribution < -0.4 is 16.4 Å². The van der Waals surface area contributed by atoms with Gasteiger partial charge in [-0.25, -0.2) is 0 Å². The van der Waals surface area contributed by atoms with Crippen molar-refractivity contribution < 1.29 is 14.3 Å². The monoisotopic (exact) mass is 530 g/mol. The number of aromatic nitrogens is 1. The Kier molecular flexibility index (Phi) is 7.89. The lowest BCUT2D eigenvalue weighted by Crippen LogP contribution is -2.45. The van der Waals surface area contributed by atoms with E-state index in [0.717, 1.165) is 29.4 Å². The molecule has 4 N–H and O–H groups in total. The summed E-state index contributed by atoms with van der Waals surface area (Å²) in [5.41, 5.74) is 9.37. The average molecular weight is 531 g/mol. The summed E-state index contributed by atoms with van der Waals surface area (Å²) in [6.45, 7) is 3.58. The standard InChI is InChI=1S/C24H31BrN6O3/c1-27-19-10-16(13-28-14-19)23(32)31-5-2-4-18(15-31)29-22-20(11-17(25)12-21(22)26)24(33)30-6-3-8-34-9-7-30/h10-14,18,27,29H,2-9,15,26H2,1H3/t18-/m1/s1. The Morgan fingerprint density at radius 1 is 1.09 bits per heavy atom. The number of hydrogen-bond acceptors (Lipinski definition) is 7. The molecular formula is C24H31BrN6O3. The number of nitrogens with two attached hydrogens (primary N) is 1. The van der Waals surface area contributed by atoms with E-state index in [1.807, 2.05) is 15.9 Å². The topological polar surface area (TPSA) is 113 Å². The first-order valence-corrected chi connectivity index (χ1v) is 12.4. The number of hydrogen-bond donors (Lipinski definition) is 3. The molecule has 0 saturated carbocycles. The maximum Gasteiger partial charge on any atom is 0.256 e. The van der Waals surface area contributed by atoms with E-state index in [0.29, 0.717) is 61.9 Å². The number of nitrogens with one attached hydrogen (secondary N) is 2. The molecule has 2 amide bonds. The van der Waals surface area contributed by atoms with Crippen molar-refractivity contribution in [1.82, 2.24) is 14.8 Å². The normalized spacial score (nSPS) is 18.8. The molecule has 0 spiro atoms. The Bertz CT molecular complexity index is 1040. The van der Waals surface area contributed by atoms with Gasteiger partial charge in [-0.1, -0.05) is 15.9 Å². The summed E-state index contributed by atoms with van der Waals surface area (Å²) in [5.74, 6) is -0.125. The molecule has 1 aromatic heterocycles. The summed E-state index contributed by atoms with van der Waals surface area (Å²) in [5, 5.41) is 6.51. The lowest BCUT2D eigenvalue weighted by atomic mass is 10.0. The molecule has 2 aliphatic heterocycles. The Morgan fingerprint density at radius 2 is 1.91 bits per heavy atom. The Morgan fingerprint density at radius 3 is 2.74 bits per heavy atom. The molecule has 1 aromatic carbocycles. The van der Waals surface area contributed by atoms with E-state index in [4.69, 9.17) is 10.5 Å². The lowest BCUT2D eigenvalue weighted by Gasteiger charge is -2.34. The van der Waals surface area contributed by atoms with Crippen molar-refractivity contribution >= 4 is 44.8 Å². The van der Waals surface area contributed by atoms with Gasteiger partial charge in [-0.15, -0.1) is 0 Å². The second kappa shape index (κ2) is 11.1. The Balaban J connectivity index is 1.52. The number of pyridine rings is 1. The molecule has 182 valence electrons. The number of piperidine rings is 1. The van der Waals surface area contributed by atoms with Crippen LogP contribution in [0.5, 0.6) is 0 Å². The SMILES string of the molecule is CNc1cncc(C(=O)N2CCC[C@@H](Nc3c(N)cc(Br)cc3C(=O)N3CCCOCC3)C2)c1. The quantitative estimate of drug-likeness (QED) is 0.509. The predicted molar refractivity (Wildman–Crippen MR) is 136 cm³/mol. The number of amides is 2. The first kappa shape index (κ1) is 24.3. The van der Waals surface area contributed by atoms with Crippen LogP contribution >= 0.6 is 15.9 Å². The third kappa shape index (κ3) is 5.61. The van der Waals surface area contributed by atoms with E-state index < -0.39 is 0 Å². The zero-order chi connectivity index (χ0) is 24.1. The number of carbonyl (C=O) groups is 2. The van der Waals surface area contributed by atoms with Crippen molar-refractivity contribution in [3.05, 3.63) is 46.2 Å². The largest absolute Gasteiger partial charge is 0.397 e. The van der Waals surface area contributed by atoms with E-state index in [1.165, 1.54) is 0 Å². The van der Waals surface area contributed by atoms with Crippen molar-refractivity contribution in [2.45, 2.75) is 25.3 Å². The fraction of sp³-hybridized carbons (Fsp3) is 0.458. The number of carbonyl (C=O) groups excluding carboxylic acids is 2. The second-order valence-electron chi connectivity index (χ2n) is 8.62.